The lowest BCUT2D eigenvalue weighted by molar-refractivity contribution is 0.0601. The minimum atomic E-state index is -0.679. The van der Waals surface area contributed by atoms with Crippen LogP contribution in [-0.4, -0.2) is 25.7 Å². The smallest absolute Gasteiger partial charge is 0.341 e. The Balaban J connectivity index is 2.46. The van der Waals surface area contributed by atoms with Crippen LogP contribution < -0.4 is 16.4 Å². The average molecular weight is 255 g/mol. The van der Waals surface area contributed by atoms with Gasteiger partial charge in [0.05, 0.1) is 12.7 Å². The molecule has 6 nitrogen and oxygen atoms in total. The lowest BCUT2D eigenvalue weighted by Gasteiger charge is -2.13. The Kier molecular flexibility index (Phi) is 3.30. The molecule has 2 amide bonds. The van der Waals surface area contributed by atoms with Gasteiger partial charge in [0.25, 0.3) is 0 Å². The quantitative estimate of drug-likeness (QED) is 0.677. The minimum absolute atomic E-state index is 0.437. The van der Waals surface area contributed by atoms with Gasteiger partial charge in [-0.1, -0.05) is 0 Å². The number of ether oxygens (including phenoxy) is 1. The number of esters is 1. The Bertz CT molecular complexity index is 470. The first-order valence-electron chi connectivity index (χ1n) is 5.13. The van der Waals surface area contributed by atoms with Crippen molar-refractivity contribution in [2.75, 3.05) is 19.0 Å². The lowest BCUT2D eigenvalue weighted by Crippen LogP contribution is -2.24. The number of carbonyl (C=O) groups is 2. The number of rotatable bonds is 2. The van der Waals surface area contributed by atoms with Gasteiger partial charge in [-0.2, -0.15) is 0 Å². The summed E-state index contributed by atoms with van der Waals surface area (Å²) in [5.74, 6) is -0.437. The number of primary amides is 1. The first-order valence-corrected chi connectivity index (χ1v) is 5.95. The molecule has 7 heteroatoms. The molecule has 0 bridgehead atoms. The van der Waals surface area contributed by atoms with Gasteiger partial charge < -0.3 is 15.8 Å². The Morgan fingerprint density at radius 2 is 2.29 bits per heavy atom. The van der Waals surface area contributed by atoms with Gasteiger partial charge in [0.15, 0.2) is 0 Å². The van der Waals surface area contributed by atoms with E-state index in [-0.39, 0.29) is 0 Å². The summed E-state index contributed by atoms with van der Waals surface area (Å²) in [6, 6.07) is -0.679. The van der Waals surface area contributed by atoms with Crippen LogP contribution in [0.3, 0.4) is 0 Å². The van der Waals surface area contributed by atoms with Crippen molar-refractivity contribution in [1.29, 1.82) is 0 Å². The number of nitrogens with two attached hydrogens (primary N) is 1. The van der Waals surface area contributed by atoms with E-state index in [1.807, 2.05) is 0 Å². The Labute approximate surface area is 102 Å². The molecule has 0 spiro atoms. The molecule has 1 aromatic heterocycles. The summed E-state index contributed by atoms with van der Waals surface area (Å²) < 4.78 is 4.74. The number of urea groups is 1. The molecule has 92 valence electrons. The molecule has 1 aromatic rings. The molecule has 0 fully saturated rings. The van der Waals surface area contributed by atoms with E-state index in [4.69, 9.17) is 10.5 Å². The van der Waals surface area contributed by atoms with Gasteiger partial charge in [0.2, 0.25) is 0 Å². The summed E-state index contributed by atoms with van der Waals surface area (Å²) in [5.41, 5.74) is 6.47. The maximum Gasteiger partial charge on any atom is 0.341 e. The third-order valence-electron chi connectivity index (χ3n) is 2.55. The fraction of sp³-hybridized carbons (Fsp3) is 0.400. The second kappa shape index (κ2) is 4.72. The molecule has 0 saturated carbocycles. The summed E-state index contributed by atoms with van der Waals surface area (Å²) in [5, 5.41) is 6.15. The molecule has 4 N–H and O–H groups in total. The van der Waals surface area contributed by atoms with Gasteiger partial charge in [-0.05, 0) is 18.5 Å². The monoisotopic (exact) mass is 255 g/mol. The van der Waals surface area contributed by atoms with Crippen molar-refractivity contribution in [3.63, 3.8) is 0 Å². The van der Waals surface area contributed by atoms with Crippen LogP contribution in [0.5, 0.6) is 0 Å². The maximum absolute atomic E-state index is 11.7. The van der Waals surface area contributed by atoms with Crippen LogP contribution in [0.25, 0.3) is 0 Å². The summed E-state index contributed by atoms with van der Waals surface area (Å²) in [7, 11) is 1.32. The second-order valence-corrected chi connectivity index (χ2v) is 4.72. The zero-order chi connectivity index (χ0) is 12.4. The summed E-state index contributed by atoms with van der Waals surface area (Å²) in [6.45, 7) is 1.51. The standard InChI is InChI=1S/C10H13N3O3S/c1-16-9(14)7-5-2-3-12-4-6(5)17-8(7)13-10(11)15/h12H,2-4H2,1H3,(H3,11,13,15). The normalized spacial score (nSPS) is 13.9. The number of carbonyl (C=O) groups excluding carboxylic acids is 2. The molecule has 1 aliphatic heterocycles. The highest BCUT2D eigenvalue weighted by atomic mass is 32.1. The number of hydrogen-bond acceptors (Lipinski definition) is 5. The molecule has 2 heterocycles. The third kappa shape index (κ3) is 2.25. The van der Waals surface area contributed by atoms with Crippen molar-refractivity contribution >= 4 is 28.3 Å². The number of fused-ring (bicyclic) bond motifs is 1. The van der Waals surface area contributed by atoms with Crippen molar-refractivity contribution in [2.24, 2.45) is 5.73 Å². The number of hydrogen-bond donors (Lipinski definition) is 3. The summed E-state index contributed by atoms with van der Waals surface area (Å²) in [6.07, 6.45) is 0.747. The fourth-order valence-corrected chi connectivity index (χ4v) is 3.06. The van der Waals surface area contributed by atoms with E-state index in [0.29, 0.717) is 17.1 Å². The fourth-order valence-electron chi connectivity index (χ4n) is 1.85. The molecule has 17 heavy (non-hydrogen) atoms. The van der Waals surface area contributed by atoms with Gasteiger partial charge in [-0.15, -0.1) is 11.3 Å². The molecule has 0 atom stereocenters. The van der Waals surface area contributed by atoms with Gasteiger partial charge in [0.1, 0.15) is 5.00 Å². The molecule has 0 aromatic carbocycles. The van der Waals surface area contributed by atoms with Crippen molar-refractivity contribution in [3.8, 4) is 0 Å². The van der Waals surface area contributed by atoms with E-state index >= 15 is 0 Å². The van der Waals surface area contributed by atoms with Crippen molar-refractivity contribution in [3.05, 3.63) is 16.0 Å². The van der Waals surface area contributed by atoms with E-state index in [0.717, 1.165) is 23.4 Å². The number of nitrogens with one attached hydrogen (secondary N) is 2. The Morgan fingerprint density at radius 1 is 1.53 bits per heavy atom. The topological polar surface area (TPSA) is 93.4 Å². The number of thiophene rings is 1. The van der Waals surface area contributed by atoms with Crippen LogP contribution in [0.15, 0.2) is 0 Å². The number of methoxy groups -OCH3 is 1. The molecular formula is C10H13N3O3S. The second-order valence-electron chi connectivity index (χ2n) is 3.62. The highest BCUT2D eigenvalue weighted by Crippen LogP contribution is 2.35. The van der Waals surface area contributed by atoms with E-state index in [1.54, 1.807) is 0 Å². The van der Waals surface area contributed by atoms with Crippen LogP contribution in [0.1, 0.15) is 20.8 Å². The minimum Gasteiger partial charge on any atom is -0.465 e. The highest BCUT2D eigenvalue weighted by molar-refractivity contribution is 7.17. The zero-order valence-corrected chi connectivity index (χ0v) is 10.1. The van der Waals surface area contributed by atoms with Crippen molar-refractivity contribution in [1.82, 2.24) is 5.32 Å². The van der Waals surface area contributed by atoms with Crippen LogP contribution in [0.2, 0.25) is 0 Å². The molecule has 0 aliphatic carbocycles. The lowest BCUT2D eigenvalue weighted by atomic mass is 10.0. The Morgan fingerprint density at radius 3 is 2.94 bits per heavy atom. The van der Waals surface area contributed by atoms with Crippen molar-refractivity contribution < 1.29 is 14.3 Å². The summed E-state index contributed by atoms with van der Waals surface area (Å²) >= 11 is 1.36. The molecule has 0 unspecified atom stereocenters. The predicted molar refractivity (Wildman–Crippen MR) is 64.3 cm³/mol. The van der Waals surface area contributed by atoms with Gasteiger partial charge >= 0.3 is 12.0 Å². The zero-order valence-electron chi connectivity index (χ0n) is 9.33. The third-order valence-corrected chi connectivity index (χ3v) is 3.70. The predicted octanol–water partition coefficient (Wildman–Crippen LogP) is 0.671. The van der Waals surface area contributed by atoms with Gasteiger partial charge in [-0.25, -0.2) is 9.59 Å². The van der Waals surface area contributed by atoms with Crippen molar-refractivity contribution in [2.45, 2.75) is 13.0 Å². The SMILES string of the molecule is COC(=O)c1c(NC(N)=O)sc2c1CCNC2. The van der Waals surface area contributed by atoms with Crippen LogP contribution >= 0.6 is 11.3 Å². The van der Waals surface area contributed by atoms with E-state index in [1.165, 1.54) is 18.4 Å². The molecular weight excluding hydrogens is 242 g/mol. The van der Waals surface area contributed by atoms with E-state index in [2.05, 4.69) is 10.6 Å². The Hall–Kier alpha value is -1.60. The molecule has 0 saturated heterocycles. The maximum atomic E-state index is 11.7. The number of amides is 2. The van der Waals surface area contributed by atoms with E-state index in [9.17, 15) is 9.59 Å². The molecule has 0 radical (unpaired) electrons. The van der Waals surface area contributed by atoms with Crippen LogP contribution in [0.4, 0.5) is 9.80 Å². The van der Waals surface area contributed by atoms with E-state index < -0.39 is 12.0 Å². The van der Waals surface area contributed by atoms with Crippen LogP contribution in [0, 0.1) is 0 Å². The number of anilines is 1. The molecule has 1 aliphatic rings. The van der Waals surface area contributed by atoms with Gasteiger partial charge in [0, 0.05) is 11.4 Å². The van der Waals surface area contributed by atoms with Crippen LogP contribution in [-0.2, 0) is 17.7 Å². The highest BCUT2D eigenvalue weighted by Gasteiger charge is 2.26. The first-order chi connectivity index (χ1) is 8.13. The van der Waals surface area contributed by atoms with Gasteiger partial charge in [-0.3, -0.25) is 5.32 Å². The average Bonchev–Trinajstić information content (AvgIpc) is 2.65. The molecule has 2 rings (SSSR count). The first kappa shape index (κ1) is 11.9. The summed E-state index contributed by atoms with van der Waals surface area (Å²) in [4.78, 5) is 23.7. The largest absolute Gasteiger partial charge is 0.465 e.